The summed E-state index contributed by atoms with van der Waals surface area (Å²) in [4.78, 5) is 31.9. The Kier molecular flexibility index (Phi) is 6.24. The van der Waals surface area contributed by atoms with Crippen LogP contribution >= 0.6 is 0 Å². The van der Waals surface area contributed by atoms with Gasteiger partial charge >= 0.3 is 0 Å². The van der Waals surface area contributed by atoms with Crippen molar-refractivity contribution >= 4 is 17.4 Å². The Hall–Kier alpha value is -4.47. The lowest BCUT2D eigenvalue weighted by Crippen LogP contribution is -2.31. The number of amides is 1. The Morgan fingerprint density at radius 3 is 2.67 bits per heavy atom. The number of hydrogen-bond acceptors (Lipinski definition) is 8. The number of imidazole rings is 1. The molecule has 10 nitrogen and oxygen atoms in total. The van der Waals surface area contributed by atoms with E-state index in [1.165, 1.54) is 18.1 Å². The molecule has 1 saturated heterocycles. The molecular formula is C26H25N3O7. The number of carbonyl (C=O) groups excluding carboxylic acids is 2. The smallest absolute Gasteiger partial charge is 0.295 e. The number of ketones is 1. The van der Waals surface area contributed by atoms with Gasteiger partial charge < -0.3 is 33.9 Å². The second kappa shape index (κ2) is 9.65. The number of likely N-dealkylation sites (tertiary alicyclic amines) is 1. The zero-order valence-electron chi connectivity index (χ0n) is 19.6. The topological polar surface area (TPSA) is 123 Å². The number of aromatic hydroxyl groups is 1. The molecule has 0 bridgehead atoms. The quantitative estimate of drug-likeness (QED) is 0.294. The molecule has 1 atom stereocenters. The summed E-state index contributed by atoms with van der Waals surface area (Å²) in [5.41, 5.74) is 0.795. The number of nitrogens with zero attached hydrogens (tertiary/aromatic N) is 3. The van der Waals surface area contributed by atoms with E-state index in [1.807, 2.05) is 10.8 Å². The fourth-order valence-electron chi connectivity index (χ4n) is 4.51. The van der Waals surface area contributed by atoms with Crippen LogP contribution in [0, 0.1) is 0 Å². The number of phenolic OH excluding ortho intramolecular Hbond substituents is 1. The summed E-state index contributed by atoms with van der Waals surface area (Å²) in [6.45, 7) is 1.64. The number of benzene rings is 2. The average molecular weight is 492 g/mol. The number of ether oxygens (including phenoxy) is 3. The summed E-state index contributed by atoms with van der Waals surface area (Å²) >= 11 is 0. The molecular weight excluding hydrogens is 466 g/mol. The third-order valence-corrected chi connectivity index (χ3v) is 6.25. The first-order valence-electron chi connectivity index (χ1n) is 11.5. The number of aromatic nitrogens is 2. The summed E-state index contributed by atoms with van der Waals surface area (Å²) in [5.74, 6) is -0.723. The molecule has 1 amide bonds. The normalized spacial score (nSPS) is 18.5. The van der Waals surface area contributed by atoms with Crippen molar-refractivity contribution in [3.8, 4) is 23.0 Å². The van der Waals surface area contributed by atoms with E-state index in [9.17, 15) is 19.8 Å². The number of aliphatic hydroxyl groups is 1. The molecule has 0 saturated carbocycles. The van der Waals surface area contributed by atoms with Crippen LogP contribution in [0.2, 0.25) is 0 Å². The molecule has 186 valence electrons. The number of carbonyl (C=O) groups is 2. The van der Waals surface area contributed by atoms with Gasteiger partial charge in [0.1, 0.15) is 19.0 Å². The zero-order valence-corrected chi connectivity index (χ0v) is 19.6. The van der Waals surface area contributed by atoms with Crippen LogP contribution in [0.25, 0.3) is 5.76 Å². The zero-order chi connectivity index (χ0) is 25.2. The van der Waals surface area contributed by atoms with Crippen molar-refractivity contribution in [2.24, 2.45) is 0 Å². The van der Waals surface area contributed by atoms with Crippen molar-refractivity contribution in [3.05, 3.63) is 71.8 Å². The minimum Gasteiger partial charge on any atom is -0.507 e. The Labute approximate surface area is 207 Å². The summed E-state index contributed by atoms with van der Waals surface area (Å²) in [6, 6.07) is 8.58. The number of methoxy groups -OCH3 is 1. The van der Waals surface area contributed by atoms with Gasteiger partial charge in [0.25, 0.3) is 11.7 Å². The maximum atomic E-state index is 13.3. The molecule has 3 aromatic rings. The summed E-state index contributed by atoms with van der Waals surface area (Å²) in [7, 11) is 1.41. The van der Waals surface area contributed by atoms with Gasteiger partial charge in [-0.2, -0.15) is 0 Å². The highest BCUT2D eigenvalue weighted by Crippen LogP contribution is 2.43. The van der Waals surface area contributed by atoms with Gasteiger partial charge in [0, 0.05) is 31.0 Å². The Bertz CT molecular complexity index is 1330. The number of Topliss-reactive ketones (excluding diaryl/α,β-unsaturated/α-hetero) is 1. The second-order valence-electron chi connectivity index (χ2n) is 8.44. The lowest BCUT2D eigenvalue weighted by molar-refractivity contribution is -0.139. The van der Waals surface area contributed by atoms with Crippen molar-refractivity contribution in [1.82, 2.24) is 14.5 Å². The number of hydrogen-bond donors (Lipinski definition) is 2. The molecule has 1 fully saturated rings. The maximum Gasteiger partial charge on any atom is 0.295 e. The SMILES string of the molecule is COc1cc([C@@H]2/C(=C(\O)c3ccc4c(c3)OCCO4)C(=O)C(=O)N2CCCn2ccnc2)ccc1O. The first kappa shape index (κ1) is 23.3. The first-order valence-corrected chi connectivity index (χ1v) is 11.5. The lowest BCUT2D eigenvalue weighted by atomic mass is 9.94. The molecule has 0 aliphatic carbocycles. The molecule has 2 aliphatic rings. The van der Waals surface area contributed by atoms with Gasteiger partial charge in [-0.05, 0) is 42.3 Å². The fraction of sp³-hybridized carbons (Fsp3) is 0.269. The van der Waals surface area contributed by atoms with E-state index in [0.717, 1.165) is 0 Å². The van der Waals surface area contributed by atoms with Crippen LogP contribution in [-0.4, -0.2) is 63.2 Å². The van der Waals surface area contributed by atoms with Crippen LogP contribution in [-0.2, 0) is 16.1 Å². The standard InChI is InChI=1S/C26H25N3O7/c1-34-20-13-16(3-5-18(20)30)23-22(24(31)17-4-6-19-21(14-17)36-12-11-35-19)25(32)26(33)29(23)9-2-8-28-10-7-27-15-28/h3-7,10,13-15,23,30-31H,2,8-9,11-12H2,1H3/b24-22+/t23-/m1/s1. The molecule has 0 unspecified atom stereocenters. The predicted octanol–water partition coefficient (Wildman–Crippen LogP) is 2.88. The van der Waals surface area contributed by atoms with Crippen LogP contribution in [0.4, 0.5) is 0 Å². The van der Waals surface area contributed by atoms with Gasteiger partial charge in [-0.1, -0.05) is 6.07 Å². The number of phenols is 1. The fourth-order valence-corrected chi connectivity index (χ4v) is 4.51. The van der Waals surface area contributed by atoms with E-state index >= 15 is 0 Å². The van der Waals surface area contributed by atoms with Gasteiger partial charge in [-0.3, -0.25) is 9.59 Å². The molecule has 1 aromatic heterocycles. The van der Waals surface area contributed by atoms with Crippen molar-refractivity contribution in [3.63, 3.8) is 0 Å². The summed E-state index contributed by atoms with van der Waals surface area (Å²) in [6.07, 6.45) is 5.72. The van der Waals surface area contributed by atoms with Gasteiger partial charge in [-0.15, -0.1) is 0 Å². The minimum atomic E-state index is -0.879. The molecule has 5 rings (SSSR count). The first-order chi connectivity index (χ1) is 17.5. The van der Waals surface area contributed by atoms with Crippen molar-refractivity contribution < 1.29 is 34.0 Å². The van der Waals surface area contributed by atoms with Gasteiger partial charge in [0.15, 0.2) is 23.0 Å². The number of fused-ring (bicyclic) bond motifs is 1. The van der Waals surface area contributed by atoms with E-state index in [-0.39, 0.29) is 29.4 Å². The maximum absolute atomic E-state index is 13.3. The Morgan fingerprint density at radius 2 is 1.92 bits per heavy atom. The molecule has 10 heteroatoms. The van der Waals surface area contributed by atoms with E-state index < -0.39 is 17.7 Å². The largest absolute Gasteiger partial charge is 0.507 e. The highest BCUT2D eigenvalue weighted by Gasteiger charge is 2.46. The highest BCUT2D eigenvalue weighted by molar-refractivity contribution is 6.46. The summed E-state index contributed by atoms with van der Waals surface area (Å²) < 4.78 is 18.3. The predicted molar refractivity (Wildman–Crippen MR) is 128 cm³/mol. The van der Waals surface area contributed by atoms with Crippen molar-refractivity contribution in [2.45, 2.75) is 19.0 Å². The van der Waals surface area contributed by atoms with Gasteiger partial charge in [-0.25, -0.2) is 4.98 Å². The van der Waals surface area contributed by atoms with E-state index in [1.54, 1.807) is 42.9 Å². The molecule has 2 aromatic carbocycles. The molecule has 2 aliphatic heterocycles. The van der Waals surface area contributed by atoms with Crippen LogP contribution in [0.5, 0.6) is 23.0 Å². The highest BCUT2D eigenvalue weighted by atomic mass is 16.6. The number of rotatable bonds is 7. The molecule has 3 heterocycles. The third kappa shape index (κ3) is 4.21. The van der Waals surface area contributed by atoms with Crippen LogP contribution < -0.4 is 14.2 Å². The molecule has 36 heavy (non-hydrogen) atoms. The van der Waals surface area contributed by atoms with Crippen molar-refractivity contribution in [2.75, 3.05) is 26.9 Å². The molecule has 0 radical (unpaired) electrons. The Morgan fingerprint density at radius 1 is 1.11 bits per heavy atom. The van der Waals surface area contributed by atoms with Gasteiger partial charge in [0.2, 0.25) is 0 Å². The number of aryl methyl sites for hydroxylation is 1. The van der Waals surface area contributed by atoms with E-state index in [4.69, 9.17) is 14.2 Å². The van der Waals surface area contributed by atoms with E-state index in [0.29, 0.717) is 48.8 Å². The van der Waals surface area contributed by atoms with Crippen LogP contribution in [0.3, 0.4) is 0 Å². The van der Waals surface area contributed by atoms with Crippen LogP contribution in [0.1, 0.15) is 23.6 Å². The van der Waals surface area contributed by atoms with Gasteiger partial charge in [0.05, 0.1) is 25.1 Å². The minimum absolute atomic E-state index is 0.0490. The third-order valence-electron chi connectivity index (χ3n) is 6.25. The number of aliphatic hydroxyl groups excluding tert-OH is 1. The average Bonchev–Trinajstić information content (AvgIpc) is 3.50. The molecule has 0 spiro atoms. The molecule has 2 N–H and O–H groups in total. The van der Waals surface area contributed by atoms with Crippen LogP contribution in [0.15, 0.2) is 60.7 Å². The van der Waals surface area contributed by atoms with E-state index in [2.05, 4.69) is 4.98 Å². The second-order valence-corrected chi connectivity index (χ2v) is 8.44. The Balaban J connectivity index is 1.56. The van der Waals surface area contributed by atoms with Crippen molar-refractivity contribution in [1.29, 1.82) is 0 Å². The summed E-state index contributed by atoms with van der Waals surface area (Å²) in [5, 5.41) is 21.4. The lowest BCUT2D eigenvalue weighted by Gasteiger charge is -2.26. The monoisotopic (exact) mass is 491 g/mol.